The highest BCUT2D eigenvalue weighted by Crippen LogP contribution is 2.32. The molecule has 7 nitrogen and oxygen atoms in total. The number of rotatable bonds is 6. The molecule has 0 unspecified atom stereocenters. The van der Waals surface area contributed by atoms with E-state index in [0.717, 1.165) is 5.56 Å². The highest BCUT2D eigenvalue weighted by Gasteiger charge is 2.27. The van der Waals surface area contributed by atoms with Crippen molar-refractivity contribution >= 4 is 33.0 Å². The number of sulfonamides is 1. The van der Waals surface area contributed by atoms with Gasteiger partial charge in [-0.25, -0.2) is 13.1 Å². The number of thiophene rings is 1. The standard InChI is InChI=1S/C20H19N3O4S2/c1-13-20(24)22-18-11-15(5-6-19(18)27-13)29(25,26)23-17(10-14-7-9-28-12-14)16-4-2-3-8-21-16/h2-9,11-13,17,23H,10H2,1H3,(H,22,24)/t13-,17-/m1/s1. The van der Waals surface area contributed by atoms with Crippen molar-refractivity contribution in [3.05, 3.63) is 70.7 Å². The summed E-state index contributed by atoms with van der Waals surface area (Å²) in [5, 5.41) is 6.61. The number of benzene rings is 1. The molecule has 0 saturated carbocycles. The normalized spacial score (nSPS) is 17.1. The van der Waals surface area contributed by atoms with Gasteiger partial charge >= 0.3 is 0 Å². The maximum absolute atomic E-state index is 13.1. The van der Waals surface area contributed by atoms with E-state index in [-0.39, 0.29) is 10.8 Å². The molecule has 1 aromatic carbocycles. The van der Waals surface area contributed by atoms with Crippen LogP contribution < -0.4 is 14.8 Å². The average molecular weight is 430 g/mol. The minimum absolute atomic E-state index is 0.0425. The first kappa shape index (κ1) is 19.6. The van der Waals surface area contributed by atoms with Crippen LogP contribution in [0.25, 0.3) is 0 Å². The number of hydrogen-bond donors (Lipinski definition) is 2. The van der Waals surface area contributed by atoms with Gasteiger partial charge in [-0.15, -0.1) is 0 Å². The van der Waals surface area contributed by atoms with Gasteiger partial charge in [0, 0.05) is 6.20 Å². The van der Waals surface area contributed by atoms with Gasteiger partial charge in [0.15, 0.2) is 6.10 Å². The second kappa shape index (κ2) is 7.94. The van der Waals surface area contributed by atoms with Crippen LogP contribution in [-0.2, 0) is 21.2 Å². The molecule has 9 heteroatoms. The minimum Gasteiger partial charge on any atom is -0.479 e. The van der Waals surface area contributed by atoms with Crippen LogP contribution in [0.2, 0.25) is 0 Å². The molecule has 2 N–H and O–H groups in total. The number of fused-ring (bicyclic) bond motifs is 1. The summed E-state index contributed by atoms with van der Waals surface area (Å²) in [7, 11) is -3.87. The zero-order valence-electron chi connectivity index (χ0n) is 15.5. The Bertz CT molecular complexity index is 1120. The third-order valence-corrected chi connectivity index (χ3v) is 6.76. The SMILES string of the molecule is C[C@H]1Oc2ccc(S(=O)(=O)N[C@H](Cc3ccsc3)c3ccccn3)cc2NC1=O. The molecule has 4 rings (SSSR count). The molecule has 150 valence electrons. The van der Waals surface area contributed by atoms with E-state index >= 15 is 0 Å². The minimum atomic E-state index is -3.87. The van der Waals surface area contributed by atoms with Gasteiger partial charge in [-0.1, -0.05) is 6.07 Å². The van der Waals surface area contributed by atoms with E-state index in [4.69, 9.17) is 4.74 Å². The predicted molar refractivity (Wildman–Crippen MR) is 110 cm³/mol. The van der Waals surface area contributed by atoms with E-state index < -0.39 is 22.2 Å². The number of amides is 1. The zero-order chi connectivity index (χ0) is 20.4. The van der Waals surface area contributed by atoms with Gasteiger partial charge in [-0.2, -0.15) is 11.3 Å². The number of nitrogens with zero attached hydrogens (tertiary/aromatic N) is 1. The van der Waals surface area contributed by atoms with Gasteiger partial charge in [-0.3, -0.25) is 9.78 Å². The Morgan fingerprint density at radius 3 is 2.86 bits per heavy atom. The predicted octanol–water partition coefficient (Wildman–Crippen LogP) is 3.12. The average Bonchev–Trinajstić information content (AvgIpc) is 3.22. The van der Waals surface area contributed by atoms with Crippen LogP contribution >= 0.6 is 11.3 Å². The molecule has 2 aromatic heterocycles. The summed E-state index contributed by atoms with van der Waals surface area (Å²) in [5.74, 6) is 0.124. The van der Waals surface area contributed by atoms with Gasteiger partial charge in [0.2, 0.25) is 10.0 Å². The van der Waals surface area contributed by atoms with E-state index in [9.17, 15) is 13.2 Å². The number of carbonyl (C=O) groups excluding carboxylic acids is 1. The quantitative estimate of drug-likeness (QED) is 0.627. The summed E-state index contributed by atoms with van der Waals surface area (Å²) in [6, 6.07) is 11.2. The van der Waals surface area contributed by atoms with Crippen molar-refractivity contribution in [1.82, 2.24) is 9.71 Å². The molecule has 29 heavy (non-hydrogen) atoms. The largest absolute Gasteiger partial charge is 0.479 e. The van der Waals surface area contributed by atoms with Crippen molar-refractivity contribution in [1.29, 1.82) is 0 Å². The van der Waals surface area contributed by atoms with Gasteiger partial charge < -0.3 is 10.1 Å². The molecule has 0 saturated heterocycles. The van der Waals surface area contributed by atoms with Crippen LogP contribution in [0.15, 0.2) is 64.3 Å². The summed E-state index contributed by atoms with van der Waals surface area (Å²) >= 11 is 1.56. The van der Waals surface area contributed by atoms with Crippen molar-refractivity contribution in [3.63, 3.8) is 0 Å². The molecular weight excluding hydrogens is 410 g/mol. The maximum Gasteiger partial charge on any atom is 0.265 e. The Morgan fingerprint density at radius 1 is 1.28 bits per heavy atom. The van der Waals surface area contributed by atoms with Crippen molar-refractivity contribution in [2.45, 2.75) is 30.4 Å². The van der Waals surface area contributed by atoms with Crippen molar-refractivity contribution < 1.29 is 17.9 Å². The van der Waals surface area contributed by atoms with Crippen LogP contribution in [0.5, 0.6) is 5.75 Å². The van der Waals surface area contributed by atoms with Crippen LogP contribution in [0.1, 0.15) is 24.2 Å². The van der Waals surface area contributed by atoms with Crippen LogP contribution in [-0.4, -0.2) is 25.4 Å². The lowest BCUT2D eigenvalue weighted by atomic mass is 10.1. The number of pyridine rings is 1. The summed E-state index contributed by atoms with van der Waals surface area (Å²) in [6.07, 6.45) is 1.49. The number of aromatic nitrogens is 1. The first-order valence-electron chi connectivity index (χ1n) is 8.98. The maximum atomic E-state index is 13.1. The fraction of sp³-hybridized carbons (Fsp3) is 0.200. The van der Waals surface area contributed by atoms with Crippen LogP contribution in [0.3, 0.4) is 0 Å². The van der Waals surface area contributed by atoms with E-state index in [1.165, 1.54) is 12.1 Å². The van der Waals surface area contributed by atoms with Crippen LogP contribution in [0, 0.1) is 0 Å². The molecular formula is C20H19N3O4S2. The molecule has 0 spiro atoms. The Morgan fingerprint density at radius 2 is 2.14 bits per heavy atom. The first-order valence-corrected chi connectivity index (χ1v) is 11.4. The third-order valence-electron chi connectivity index (χ3n) is 4.55. The summed E-state index contributed by atoms with van der Waals surface area (Å²) < 4.78 is 34.4. The van der Waals surface area contributed by atoms with Crippen LogP contribution in [0.4, 0.5) is 5.69 Å². The number of ether oxygens (including phenoxy) is 1. The number of anilines is 1. The summed E-state index contributed by atoms with van der Waals surface area (Å²) in [5.41, 5.74) is 1.99. The Labute approximate surface area is 172 Å². The second-order valence-electron chi connectivity index (χ2n) is 6.67. The number of carbonyl (C=O) groups is 1. The summed E-state index contributed by atoms with van der Waals surface area (Å²) in [4.78, 5) is 16.2. The van der Waals surface area contributed by atoms with Gasteiger partial charge in [0.05, 0.1) is 22.3 Å². The molecule has 0 fully saturated rings. The van der Waals surface area contributed by atoms with Crippen molar-refractivity contribution in [2.24, 2.45) is 0 Å². The van der Waals surface area contributed by atoms with Gasteiger partial charge in [0.25, 0.3) is 5.91 Å². The highest BCUT2D eigenvalue weighted by molar-refractivity contribution is 7.89. The van der Waals surface area contributed by atoms with Crippen molar-refractivity contribution in [3.8, 4) is 5.75 Å². The molecule has 1 amide bonds. The van der Waals surface area contributed by atoms with E-state index in [2.05, 4.69) is 15.0 Å². The Balaban J connectivity index is 1.63. The second-order valence-corrected chi connectivity index (χ2v) is 9.17. The number of nitrogens with one attached hydrogen (secondary N) is 2. The number of hydrogen-bond acceptors (Lipinski definition) is 6. The highest BCUT2D eigenvalue weighted by atomic mass is 32.2. The molecule has 1 aliphatic heterocycles. The fourth-order valence-corrected chi connectivity index (χ4v) is 4.96. The van der Waals surface area contributed by atoms with E-state index in [1.54, 1.807) is 42.7 Å². The third kappa shape index (κ3) is 4.31. The first-order chi connectivity index (χ1) is 13.9. The summed E-state index contributed by atoms with van der Waals surface area (Å²) in [6.45, 7) is 1.63. The Hall–Kier alpha value is -2.75. The molecule has 0 radical (unpaired) electrons. The lowest BCUT2D eigenvalue weighted by Gasteiger charge is -2.24. The Kier molecular flexibility index (Phi) is 5.35. The lowest BCUT2D eigenvalue weighted by molar-refractivity contribution is -0.122. The molecule has 3 heterocycles. The molecule has 0 aliphatic carbocycles. The van der Waals surface area contributed by atoms with E-state index in [0.29, 0.717) is 23.6 Å². The van der Waals surface area contributed by atoms with Gasteiger partial charge in [0.1, 0.15) is 5.75 Å². The van der Waals surface area contributed by atoms with Gasteiger partial charge in [-0.05, 0) is 66.1 Å². The molecule has 2 atom stereocenters. The zero-order valence-corrected chi connectivity index (χ0v) is 17.2. The topological polar surface area (TPSA) is 97.4 Å². The monoisotopic (exact) mass is 429 g/mol. The fourth-order valence-electron chi connectivity index (χ4n) is 3.04. The smallest absolute Gasteiger partial charge is 0.265 e. The molecule has 3 aromatic rings. The van der Waals surface area contributed by atoms with Crippen molar-refractivity contribution in [2.75, 3.05) is 5.32 Å². The molecule has 0 bridgehead atoms. The molecule has 1 aliphatic rings. The van der Waals surface area contributed by atoms with E-state index in [1.807, 2.05) is 22.9 Å². The lowest BCUT2D eigenvalue weighted by Crippen LogP contribution is -2.35.